The van der Waals surface area contributed by atoms with Gasteiger partial charge in [0.2, 0.25) is 11.7 Å². The van der Waals surface area contributed by atoms with Crippen molar-refractivity contribution >= 4 is 11.8 Å². The first kappa shape index (κ1) is 15.7. The molecule has 2 atom stereocenters. The number of benzene rings is 1. The molecule has 1 aliphatic carbocycles. The summed E-state index contributed by atoms with van der Waals surface area (Å²) < 4.78 is 0. The van der Waals surface area contributed by atoms with E-state index in [1.54, 1.807) is 19.1 Å². The van der Waals surface area contributed by atoms with E-state index in [0.717, 1.165) is 6.54 Å². The molecule has 1 aromatic heterocycles. The molecule has 2 heterocycles. The highest BCUT2D eigenvalue weighted by atomic mass is 16.2. The number of tetrazole rings is 1. The summed E-state index contributed by atoms with van der Waals surface area (Å²) in [6, 6.07) is 7.19. The van der Waals surface area contributed by atoms with Crippen LogP contribution < -0.4 is 5.32 Å². The van der Waals surface area contributed by atoms with Gasteiger partial charge in [0.25, 0.3) is 5.91 Å². The molecule has 2 aliphatic rings. The highest BCUT2D eigenvalue weighted by molar-refractivity contribution is 6.00. The van der Waals surface area contributed by atoms with Crippen molar-refractivity contribution < 1.29 is 9.59 Å². The number of hydrogen-bond donors (Lipinski definition) is 2. The number of amides is 2. The number of likely N-dealkylation sites (tertiary alicyclic amines) is 1. The first-order valence-electron chi connectivity index (χ1n) is 8.52. The predicted molar refractivity (Wildman–Crippen MR) is 89.3 cm³/mol. The van der Waals surface area contributed by atoms with E-state index >= 15 is 0 Å². The van der Waals surface area contributed by atoms with Crippen LogP contribution in [0, 0.1) is 11.8 Å². The fraction of sp³-hybridized carbons (Fsp3) is 0.471. The summed E-state index contributed by atoms with van der Waals surface area (Å²) in [6.45, 7) is 2.89. The molecule has 0 bridgehead atoms. The van der Waals surface area contributed by atoms with E-state index < -0.39 is 0 Å². The molecule has 2 aromatic rings. The number of aromatic amines is 1. The third kappa shape index (κ3) is 3.11. The Morgan fingerprint density at radius 2 is 2.04 bits per heavy atom. The third-order valence-corrected chi connectivity index (χ3v) is 5.11. The van der Waals surface area contributed by atoms with Gasteiger partial charge >= 0.3 is 0 Å². The van der Waals surface area contributed by atoms with Gasteiger partial charge in [-0.05, 0) is 30.0 Å². The van der Waals surface area contributed by atoms with Gasteiger partial charge in [0.15, 0.2) is 0 Å². The van der Waals surface area contributed by atoms with Crippen LogP contribution in [0.15, 0.2) is 24.3 Å². The zero-order chi connectivity index (χ0) is 17.4. The largest absolute Gasteiger partial charge is 0.347 e. The van der Waals surface area contributed by atoms with Gasteiger partial charge in [-0.25, -0.2) is 0 Å². The van der Waals surface area contributed by atoms with E-state index in [1.165, 1.54) is 12.8 Å². The fourth-order valence-electron chi connectivity index (χ4n) is 3.64. The minimum absolute atomic E-state index is 0.0118. The first-order chi connectivity index (χ1) is 12.1. The third-order valence-electron chi connectivity index (χ3n) is 5.11. The van der Waals surface area contributed by atoms with Crippen molar-refractivity contribution in [2.75, 3.05) is 13.1 Å². The monoisotopic (exact) mass is 340 g/mol. The maximum absolute atomic E-state index is 12.9. The van der Waals surface area contributed by atoms with Crippen LogP contribution in [0.25, 0.3) is 11.4 Å². The summed E-state index contributed by atoms with van der Waals surface area (Å²) in [5.74, 6) is 1.24. The molecule has 2 amide bonds. The maximum atomic E-state index is 12.9. The molecule has 4 rings (SSSR count). The highest BCUT2D eigenvalue weighted by Crippen LogP contribution is 2.41. The number of carbonyl (C=O) groups is 2. The molecular weight excluding hydrogens is 320 g/mol. The number of rotatable bonds is 4. The number of nitrogens with zero attached hydrogens (tertiary/aromatic N) is 4. The van der Waals surface area contributed by atoms with Gasteiger partial charge < -0.3 is 10.2 Å². The van der Waals surface area contributed by atoms with Crippen LogP contribution in [0.1, 0.15) is 30.1 Å². The van der Waals surface area contributed by atoms with Crippen LogP contribution >= 0.6 is 0 Å². The van der Waals surface area contributed by atoms with E-state index in [-0.39, 0.29) is 17.9 Å². The Bertz CT molecular complexity index is 786. The van der Waals surface area contributed by atoms with Crippen LogP contribution in [0.5, 0.6) is 0 Å². The fourth-order valence-corrected chi connectivity index (χ4v) is 3.64. The molecule has 1 aromatic carbocycles. The predicted octanol–water partition coefficient (Wildman–Crippen LogP) is 0.853. The Labute approximate surface area is 145 Å². The Morgan fingerprint density at radius 1 is 1.24 bits per heavy atom. The Kier molecular flexibility index (Phi) is 3.95. The molecule has 1 saturated carbocycles. The molecule has 0 radical (unpaired) electrons. The van der Waals surface area contributed by atoms with Crippen molar-refractivity contribution in [2.45, 2.75) is 25.8 Å². The molecule has 130 valence electrons. The topological polar surface area (TPSA) is 104 Å². The van der Waals surface area contributed by atoms with Crippen molar-refractivity contribution in [3.05, 3.63) is 29.8 Å². The quantitative estimate of drug-likeness (QED) is 0.859. The number of hydrogen-bond acceptors (Lipinski definition) is 5. The second kappa shape index (κ2) is 6.27. The molecule has 8 nitrogen and oxygen atoms in total. The second-order valence-electron chi connectivity index (χ2n) is 6.79. The molecule has 0 unspecified atom stereocenters. The highest BCUT2D eigenvalue weighted by Gasteiger charge is 2.43. The van der Waals surface area contributed by atoms with Crippen molar-refractivity contribution in [3.63, 3.8) is 0 Å². The molecule has 1 saturated heterocycles. The first-order valence-corrected chi connectivity index (χ1v) is 8.52. The van der Waals surface area contributed by atoms with Crippen molar-refractivity contribution in [1.29, 1.82) is 0 Å². The summed E-state index contributed by atoms with van der Waals surface area (Å²) >= 11 is 0. The summed E-state index contributed by atoms with van der Waals surface area (Å²) in [4.78, 5) is 26.4. The van der Waals surface area contributed by atoms with Crippen molar-refractivity contribution in [1.82, 2.24) is 30.8 Å². The molecule has 8 heteroatoms. The average molecular weight is 340 g/mol. The molecule has 0 spiro atoms. The average Bonchev–Trinajstić information content (AvgIpc) is 3.14. The van der Waals surface area contributed by atoms with Gasteiger partial charge in [-0.1, -0.05) is 18.2 Å². The molecular formula is C17H20N6O2. The lowest BCUT2D eigenvalue weighted by Crippen LogP contribution is -2.41. The van der Waals surface area contributed by atoms with Crippen molar-refractivity contribution in [3.8, 4) is 11.4 Å². The van der Waals surface area contributed by atoms with E-state index in [1.807, 2.05) is 17.0 Å². The minimum atomic E-state index is -0.165. The van der Waals surface area contributed by atoms with Gasteiger partial charge in [0, 0.05) is 31.5 Å². The second-order valence-corrected chi connectivity index (χ2v) is 6.79. The lowest BCUT2D eigenvalue weighted by atomic mass is 9.97. The van der Waals surface area contributed by atoms with Crippen molar-refractivity contribution in [2.24, 2.45) is 11.8 Å². The Morgan fingerprint density at radius 3 is 2.72 bits per heavy atom. The van der Waals surface area contributed by atoms with E-state index in [4.69, 9.17) is 0 Å². The molecule has 2 N–H and O–H groups in total. The van der Waals surface area contributed by atoms with Crippen LogP contribution in [0.3, 0.4) is 0 Å². The van der Waals surface area contributed by atoms with Gasteiger partial charge in [0.1, 0.15) is 0 Å². The summed E-state index contributed by atoms with van der Waals surface area (Å²) in [7, 11) is 0. The number of aromatic nitrogens is 4. The smallest absolute Gasteiger partial charge is 0.252 e. The Balaban J connectivity index is 1.55. The number of H-pyrrole nitrogens is 1. The van der Waals surface area contributed by atoms with E-state index in [0.29, 0.717) is 35.3 Å². The zero-order valence-electron chi connectivity index (χ0n) is 14.0. The molecule has 2 fully saturated rings. The standard InChI is InChI=1S/C17H20N6O2/c1-10(24)23-8-14(11-6-7-11)15(9-23)18-17(25)13-5-3-2-4-12(13)16-19-21-22-20-16/h2-5,11,14-15H,6-9H2,1H3,(H,18,25)(H,19,20,21,22)/t14-,15+/m0/s1. The zero-order valence-corrected chi connectivity index (χ0v) is 14.0. The normalized spacial score (nSPS) is 22.8. The van der Waals surface area contributed by atoms with E-state index in [2.05, 4.69) is 25.9 Å². The maximum Gasteiger partial charge on any atom is 0.252 e. The van der Waals surface area contributed by atoms with Crippen LogP contribution in [0.4, 0.5) is 0 Å². The molecule has 1 aliphatic heterocycles. The van der Waals surface area contributed by atoms with Gasteiger partial charge in [-0.3, -0.25) is 9.59 Å². The summed E-state index contributed by atoms with van der Waals surface area (Å²) in [5.41, 5.74) is 1.15. The van der Waals surface area contributed by atoms with Crippen LogP contribution in [0.2, 0.25) is 0 Å². The summed E-state index contributed by atoms with van der Waals surface area (Å²) in [5, 5.41) is 17.0. The number of carbonyl (C=O) groups excluding carboxylic acids is 2. The van der Waals surface area contributed by atoms with Gasteiger partial charge in [-0.15, -0.1) is 10.2 Å². The summed E-state index contributed by atoms with van der Waals surface area (Å²) in [6.07, 6.45) is 2.37. The molecule has 25 heavy (non-hydrogen) atoms. The van der Waals surface area contributed by atoms with E-state index in [9.17, 15) is 9.59 Å². The lowest BCUT2D eigenvalue weighted by molar-refractivity contribution is -0.128. The van der Waals surface area contributed by atoms with Gasteiger partial charge in [0.05, 0.1) is 11.6 Å². The minimum Gasteiger partial charge on any atom is -0.347 e. The number of nitrogens with one attached hydrogen (secondary N) is 2. The Hall–Kier alpha value is -2.77. The lowest BCUT2D eigenvalue weighted by Gasteiger charge is -2.19. The SMILES string of the molecule is CC(=O)N1C[C@@H](NC(=O)c2ccccc2-c2nn[nH]n2)[C@H](C2CC2)C1. The van der Waals surface area contributed by atoms with Crippen LogP contribution in [-0.4, -0.2) is 56.5 Å². The van der Waals surface area contributed by atoms with Crippen LogP contribution in [-0.2, 0) is 4.79 Å². The van der Waals surface area contributed by atoms with Gasteiger partial charge in [-0.2, -0.15) is 5.21 Å².